The molecule has 1 atom stereocenters. The van der Waals surface area contributed by atoms with Gasteiger partial charge in [0.2, 0.25) is 5.56 Å². The van der Waals surface area contributed by atoms with Crippen molar-refractivity contribution < 1.29 is 19.5 Å². The van der Waals surface area contributed by atoms with Crippen LogP contribution in [-0.4, -0.2) is 26.6 Å². The number of aryl methyl sites for hydroxylation is 1. The van der Waals surface area contributed by atoms with E-state index >= 15 is 4.39 Å². The highest BCUT2D eigenvalue weighted by Crippen LogP contribution is 2.36. The first-order valence-electron chi connectivity index (χ1n) is 11.5. The van der Waals surface area contributed by atoms with Gasteiger partial charge in [0, 0.05) is 42.2 Å². The van der Waals surface area contributed by atoms with Crippen LogP contribution in [0, 0.1) is 5.82 Å². The van der Waals surface area contributed by atoms with Crippen molar-refractivity contribution >= 4 is 34.6 Å². The number of aromatic nitrogens is 1. The molecule has 2 N–H and O–H groups in total. The number of carboxylic acids is 1. The van der Waals surface area contributed by atoms with Crippen molar-refractivity contribution in [2.45, 2.75) is 25.7 Å². The number of hydrogen-bond donors (Lipinski definition) is 2. The number of nitrogens with zero attached hydrogens (tertiary/aromatic N) is 2. The van der Waals surface area contributed by atoms with Crippen LogP contribution in [0.25, 0.3) is 11.1 Å². The number of pyridine rings is 1. The second kappa shape index (κ2) is 11.1. The molecule has 0 amide bonds. The molecule has 0 aliphatic carbocycles. The summed E-state index contributed by atoms with van der Waals surface area (Å²) in [5.41, 5.74) is 4.24. The minimum Gasteiger partial charge on any atom is -0.477 e. The summed E-state index contributed by atoms with van der Waals surface area (Å²) in [6, 6.07) is 14.9. The summed E-state index contributed by atoms with van der Waals surface area (Å²) in [6.45, 7) is 1.92. The molecule has 6 nitrogen and oxygen atoms in total. The van der Waals surface area contributed by atoms with Crippen molar-refractivity contribution in [2.24, 2.45) is 12.2 Å². The number of oxime groups is 1. The monoisotopic (exact) mass is 538 g/mol. The molecular formula is C28H24ClFN2O4S. The molecule has 2 aromatic carbocycles. The van der Waals surface area contributed by atoms with Crippen LogP contribution in [0.1, 0.15) is 51.2 Å². The molecule has 0 saturated heterocycles. The predicted octanol–water partition coefficient (Wildman–Crippen LogP) is 6.57. The van der Waals surface area contributed by atoms with Crippen LogP contribution < -0.4 is 5.56 Å². The van der Waals surface area contributed by atoms with Gasteiger partial charge in [-0.15, -0.1) is 11.3 Å². The summed E-state index contributed by atoms with van der Waals surface area (Å²) in [5, 5.41) is 24.9. The van der Waals surface area contributed by atoms with Gasteiger partial charge in [0.05, 0.1) is 5.71 Å². The summed E-state index contributed by atoms with van der Waals surface area (Å²) in [4.78, 5) is 23.7. The lowest BCUT2D eigenvalue weighted by atomic mass is 9.84. The third kappa shape index (κ3) is 5.50. The van der Waals surface area contributed by atoms with E-state index < -0.39 is 17.7 Å². The molecule has 9 heteroatoms. The molecule has 4 rings (SSSR count). The molecule has 0 aliphatic rings. The van der Waals surface area contributed by atoms with E-state index in [1.807, 2.05) is 36.6 Å². The van der Waals surface area contributed by atoms with Gasteiger partial charge in [0.15, 0.2) is 0 Å². The summed E-state index contributed by atoms with van der Waals surface area (Å²) in [6.07, 6.45) is 2.30. The lowest BCUT2D eigenvalue weighted by molar-refractivity contribution is 0.0701. The number of hydrogen-bond acceptors (Lipinski definition) is 5. The van der Waals surface area contributed by atoms with Crippen LogP contribution in [0.4, 0.5) is 4.39 Å². The van der Waals surface area contributed by atoms with Crippen LogP contribution in [-0.2, 0) is 13.5 Å². The normalized spacial score (nSPS) is 12.5. The molecule has 2 heterocycles. The number of thiophene rings is 1. The average Bonchev–Trinajstić information content (AvgIpc) is 3.32. The maximum absolute atomic E-state index is 15.1. The van der Waals surface area contributed by atoms with Gasteiger partial charge in [-0.2, -0.15) is 0 Å². The second-order valence-electron chi connectivity index (χ2n) is 8.57. The van der Waals surface area contributed by atoms with Crippen LogP contribution in [0.3, 0.4) is 0 Å². The Morgan fingerprint density at radius 2 is 1.89 bits per heavy atom. The highest BCUT2D eigenvalue weighted by atomic mass is 35.5. The zero-order chi connectivity index (χ0) is 26.7. The zero-order valence-corrected chi connectivity index (χ0v) is 21.7. The van der Waals surface area contributed by atoms with Crippen molar-refractivity contribution in [3.05, 3.63) is 114 Å². The van der Waals surface area contributed by atoms with Gasteiger partial charge in [-0.05, 0) is 57.8 Å². The van der Waals surface area contributed by atoms with E-state index in [9.17, 15) is 19.9 Å². The first-order valence-corrected chi connectivity index (χ1v) is 12.8. The Labute approximate surface area is 221 Å². The lowest BCUT2D eigenvalue weighted by Crippen LogP contribution is -2.18. The Morgan fingerprint density at radius 3 is 2.49 bits per heavy atom. The topological polar surface area (TPSA) is 91.9 Å². The largest absolute Gasteiger partial charge is 0.477 e. The van der Waals surface area contributed by atoms with Gasteiger partial charge in [-0.1, -0.05) is 54.0 Å². The highest BCUT2D eigenvalue weighted by molar-refractivity contribution is 7.12. The first-order chi connectivity index (χ1) is 17.7. The van der Waals surface area contributed by atoms with Crippen molar-refractivity contribution in [2.75, 3.05) is 0 Å². The van der Waals surface area contributed by atoms with E-state index in [0.29, 0.717) is 22.4 Å². The van der Waals surface area contributed by atoms with Crippen molar-refractivity contribution in [3.63, 3.8) is 0 Å². The number of carbonyl (C=O) groups is 1. The molecule has 190 valence electrons. The molecule has 0 bridgehead atoms. The standard InChI is InChI=1S/C28H24ClFN2O4S/c1-3-20-23(15-37-27(20)28(34)35)17-6-4-16(5-7-17)22(21-10-9-19(29)12-24(21)30)13-25(31-36)18-8-11-26(33)32(2)14-18/h4-12,14-15,22,36H,3,13H2,1-2H3,(H,34,35)/t22-/m0/s1. The summed E-state index contributed by atoms with van der Waals surface area (Å²) in [7, 11) is 1.60. The van der Waals surface area contributed by atoms with Crippen molar-refractivity contribution in [1.82, 2.24) is 4.57 Å². The maximum Gasteiger partial charge on any atom is 0.346 e. The molecule has 0 aliphatic heterocycles. The van der Waals surface area contributed by atoms with Gasteiger partial charge in [-0.25, -0.2) is 9.18 Å². The first kappa shape index (κ1) is 26.3. The fourth-order valence-electron chi connectivity index (χ4n) is 4.42. The van der Waals surface area contributed by atoms with Gasteiger partial charge >= 0.3 is 5.97 Å². The fraction of sp³-hybridized carbons (Fsp3) is 0.179. The van der Waals surface area contributed by atoms with E-state index in [0.717, 1.165) is 22.3 Å². The number of halogens is 2. The Balaban J connectivity index is 1.76. The molecule has 0 unspecified atom stereocenters. The van der Waals surface area contributed by atoms with Gasteiger partial charge in [0.25, 0.3) is 0 Å². The van der Waals surface area contributed by atoms with Gasteiger partial charge in [-0.3, -0.25) is 4.79 Å². The smallest absolute Gasteiger partial charge is 0.346 e. The summed E-state index contributed by atoms with van der Waals surface area (Å²) in [5.74, 6) is -1.97. The van der Waals surface area contributed by atoms with E-state index in [2.05, 4.69) is 5.16 Å². The van der Waals surface area contributed by atoms with E-state index in [1.165, 1.54) is 28.0 Å². The molecule has 2 aromatic heterocycles. The minimum absolute atomic E-state index is 0.147. The average molecular weight is 539 g/mol. The predicted molar refractivity (Wildman–Crippen MR) is 144 cm³/mol. The van der Waals surface area contributed by atoms with Crippen LogP contribution in [0.2, 0.25) is 5.02 Å². The molecule has 0 spiro atoms. The van der Waals surface area contributed by atoms with E-state index in [4.69, 9.17) is 11.6 Å². The molecule has 0 radical (unpaired) electrons. The minimum atomic E-state index is -0.947. The number of benzene rings is 2. The van der Waals surface area contributed by atoms with Crippen LogP contribution in [0.15, 0.2) is 76.1 Å². The molecule has 0 fully saturated rings. The second-order valence-corrected chi connectivity index (χ2v) is 9.89. The number of rotatable bonds is 8. The quantitative estimate of drug-likeness (QED) is 0.151. The van der Waals surface area contributed by atoms with Crippen molar-refractivity contribution in [1.29, 1.82) is 0 Å². The molecular weight excluding hydrogens is 515 g/mol. The number of aromatic carboxylic acids is 1. The molecule has 0 saturated carbocycles. The number of carboxylic acid groups (broad SMARTS) is 1. The Morgan fingerprint density at radius 1 is 1.16 bits per heavy atom. The zero-order valence-electron chi connectivity index (χ0n) is 20.1. The molecule has 37 heavy (non-hydrogen) atoms. The SMILES string of the molecule is CCc1c(-c2ccc([C@H](CC(=NO)c3ccc(=O)n(C)c3)c3ccc(Cl)cc3F)cc2)csc1C(=O)O. The van der Waals surface area contributed by atoms with Crippen molar-refractivity contribution in [3.8, 4) is 11.1 Å². The summed E-state index contributed by atoms with van der Waals surface area (Å²) >= 11 is 7.19. The van der Waals surface area contributed by atoms with Crippen LogP contribution >= 0.6 is 22.9 Å². The lowest BCUT2D eigenvalue weighted by Gasteiger charge is -2.20. The van der Waals surface area contributed by atoms with Gasteiger partial charge < -0.3 is 14.9 Å². The fourth-order valence-corrected chi connectivity index (χ4v) is 5.59. The van der Waals surface area contributed by atoms with Crippen LogP contribution in [0.5, 0.6) is 0 Å². The molecule has 4 aromatic rings. The third-order valence-electron chi connectivity index (χ3n) is 6.34. The Kier molecular flexibility index (Phi) is 7.90. The summed E-state index contributed by atoms with van der Waals surface area (Å²) < 4.78 is 16.5. The Bertz CT molecular complexity index is 1540. The van der Waals surface area contributed by atoms with Gasteiger partial charge in [0.1, 0.15) is 10.7 Å². The van der Waals surface area contributed by atoms with E-state index in [1.54, 1.807) is 31.4 Å². The van der Waals surface area contributed by atoms with E-state index in [-0.39, 0.29) is 22.7 Å². The highest BCUT2D eigenvalue weighted by Gasteiger charge is 2.23. The Hall–Kier alpha value is -3.75. The maximum atomic E-state index is 15.1. The third-order valence-corrected chi connectivity index (χ3v) is 7.59.